The van der Waals surface area contributed by atoms with Gasteiger partial charge in [-0.2, -0.15) is 0 Å². The Hall–Kier alpha value is -3.98. The maximum atomic E-state index is 12.7. The molecular formula is C25H29N5O4. The summed E-state index contributed by atoms with van der Waals surface area (Å²) in [4.78, 5) is 27.6. The van der Waals surface area contributed by atoms with Crippen molar-refractivity contribution in [1.82, 2.24) is 19.9 Å². The van der Waals surface area contributed by atoms with E-state index in [0.717, 1.165) is 11.6 Å². The lowest BCUT2D eigenvalue weighted by Gasteiger charge is -2.38. The van der Waals surface area contributed by atoms with Gasteiger partial charge in [0.05, 0.1) is 12.1 Å². The van der Waals surface area contributed by atoms with Gasteiger partial charge in [-0.05, 0) is 58.6 Å². The van der Waals surface area contributed by atoms with Gasteiger partial charge in [-0.25, -0.2) is 4.79 Å². The van der Waals surface area contributed by atoms with E-state index in [0.29, 0.717) is 27.8 Å². The van der Waals surface area contributed by atoms with Gasteiger partial charge in [-0.15, -0.1) is 15.0 Å². The van der Waals surface area contributed by atoms with Crippen LogP contribution in [0.3, 0.4) is 0 Å². The number of aromatic hydroxyl groups is 1. The summed E-state index contributed by atoms with van der Waals surface area (Å²) in [6.07, 6.45) is 1.18. The molecule has 34 heavy (non-hydrogen) atoms. The van der Waals surface area contributed by atoms with Crippen LogP contribution in [0.1, 0.15) is 23.6 Å². The first-order valence-corrected chi connectivity index (χ1v) is 10.6. The number of phenolic OH excluding ortho intramolecular Hbond substituents is 1. The van der Waals surface area contributed by atoms with Crippen molar-refractivity contribution in [2.24, 2.45) is 0 Å². The maximum Gasteiger partial charge on any atom is 0.336 e. The van der Waals surface area contributed by atoms with Crippen LogP contribution in [0.2, 0.25) is 0 Å². The molecule has 9 heteroatoms. The van der Waals surface area contributed by atoms with E-state index in [2.05, 4.69) is 28.7 Å². The number of phenols is 1. The molecule has 0 bridgehead atoms. The summed E-state index contributed by atoms with van der Waals surface area (Å²) in [6.45, 7) is 12.2. The van der Waals surface area contributed by atoms with E-state index in [9.17, 15) is 14.7 Å². The normalized spacial score (nSPS) is 12.9. The number of hydrogen-bond donors (Lipinski definition) is 2. The Kier molecular flexibility index (Phi) is 6.88. The number of aromatic nitrogens is 3. The van der Waals surface area contributed by atoms with E-state index < -0.39 is 11.8 Å². The molecule has 3 rings (SSSR count). The second-order valence-corrected chi connectivity index (χ2v) is 8.36. The third-order valence-electron chi connectivity index (χ3n) is 5.58. The lowest BCUT2D eigenvalue weighted by atomic mass is 9.98. The summed E-state index contributed by atoms with van der Waals surface area (Å²) in [5.74, 6) is -2.57. The van der Waals surface area contributed by atoms with Crippen molar-refractivity contribution < 1.29 is 19.4 Å². The quantitative estimate of drug-likeness (QED) is 0.299. The minimum atomic E-state index is -1.52. The van der Waals surface area contributed by atoms with Crippen molar-refractivity contribution >= 4 is 28.6 Å². The van der Waals surface area contributed by atoms with Crippen molar-refractivity contribution in [1.29, 1.82) is 0 Å². The number of esters is 1. The van der Waals surface area contributed by atoms with E-state index in [1.807, 2.05) is 31.2 Å². The lowest BCUT2D eigenvalue weighted by Crippen LogP contribution is -2.53. The van der Waals surface area contributed by atoms with Crippen LogP contribution in [0.5, 0.6) is 5.75 Å². The van der Waals surface area contributed by atoms with E-state index in [1.165, 1.54) is 4.80 Å². The van der Waals surface area contributed by atoms with Crippen LogP contribution in [-0.2, 0) is 26.6 Å². The van der Waals surface area contributed by atoms with Gasteiger partial charge in [0.15, 0.2) is 0 Å². The van der Waals surface area contributed by atoms with Crippen molar-refractivity contribution in [3.05, 3.63) is 71.8 Å². The molecule has 0 aliphatic carbocycles. The number of aryl methyl sites for hydroxylation is 1. The summed E-state index contributed by atoms with van der Waals surface area (Å²) in [5.41, 5.74) is 3.63. The average molecular weight is 464 g/mol. The highest BCUT2D eigenvalue weighted by Gasteiger charge is 2.43. The van der Waals surface area contributed by atoms with E-state index in [1.54, 1.807) is 38.9 Å². The molecule has 9 nitrogen and oxygen atoms in total. The number of nitrogens with zero attached hydrogens (tertiary/aromatic N) is 4. The number of ether oxygens (including phenoxy) is 1. The molecule has 2 aromatic carbocycles. The number of rotatable bonds is 8. The number of fused-ring (bicyclic) bond motifs is 1. The van der Waals surface area contributed by atoms with Gasteiger partial charge >= 0.3 is 5.97 Å². The van der Waals surface area contributed by atoms with Crippen LogP contribution in [0.15, 0.2) is 55.1 Å². The molecule has 1 aromatic heterocycles. The van der Waals surface area contributed by atoms with E-state index in [4.69, 9.17) is 4.74 Å². The highest BCUT2D eigenvalue weighted by atomic mass is 16.6. The molecule has 2 N–H and O–H groups in total. The third-order valence-corrected chi connectivity index (χ3v) is 5.58. The second kappa shape index (κ2) is 9.48. The summed E-state index contributed by atoms with van der Waals surface area (Å²) in [6, 6.07) is 9.03. The Bertz CT molecular complexity index is 1260. The van der Waals surface area contributed by atoms with Crippen LogP contribution in [-0.4, -0.2) is 51.0 Å². The van der Waals surface area contributed by atoms with Gasteiger partial charge in [0, 0.05) is 16.7 Å². The highest BCUT2D eigenvalue weighted by molar-refractivity contribution is 6.00. The van der Waals surface area contributed by atoms with Gasteiger partial charge in [-0.1, -0.05) is 31.4 Å². The van der Waals surface area contributed by atoms with Gasteiger partial charge in [0.2, 0.25) is 5.91 Å². The number of likely N-dealkylation sites (N-methyl/N-ethyl adjacent to an activating group) is 1. The van der Waals surface area contributed by atoms with Crippen LogP contribution in [0, 0.1) is 13.8 Å². The summed E-state index contributed by atoms with van der Waals surface area (Å²) < 4.78 is 5.96. The van der Waals surface area contributed by atoms with Crippen molar-refractivity contribution in [2.75, 3.05) is 19.4 Å². The van der Waals surface area contributed by atoms with E-state index in [-0.39, 0.29) is 23.7 Å². The fourth-order valence-electron chi connectivity index (χ4n) is 3.63. The van der Waals surface area contributed by atoms with Crippen molar-refractivity contribution in [3.8, 4) is 5.75 Å². The van der Waals surface area contributed by atoms with Crippen LogP contribution < -0.4 is 5.32 Å². The number of amides is 1. The maximum absolute atomic E-state index is 12.7. The Balaban J connectivity index is 2.19. The van der Waals surface area contributed by atoms with Crippen LogP contribution in [0.25, 0.3) is 11.0 Å². The number of hydrogen-bond acceptors (Lipinski definition) is 7. The predicted octanol–water partition coefficient (Wildman–Crippen LogP) is 3.41. The van der Waals surface area contributed by atoms with Gasteiger partial charge in [0.25, 0.3) is 5.85 Å². The molecule has 0 saturated carbocycles. The number of anilines is 1. The Morgan fingerprint density at radius 1 is 1.24 bits per heavy atom. The lowest BCUT2D eigenvalue weighted by molar-refractivity contribution is -0.212. The van der Waals surface area contributed by atoms with Crippen molar-refractivity contribution in [2.45, 2.75) is 33.0 Å². The van der Waals surface area contributed by atoms with Crippen molar-refractivity contribution in [3.63, 3.8) is 0 Å². The molecule has 0 spiro atoms. The molecule has 1 heterocycles. The first-order valence-electron chi connectivity index (χ1n) is 10.6. The fraction of sp³-hybridized carbons (Fsp3) is 0.280. The molecule has 0 saturated heterocycles. The SMILES string of the molecule is C=CC(=O)Nc1c(C)cc(CC(OC(=O)C(=C)C)(N(C)C)n2nc3ccccc3n2)c(O)c1C. The van der Waals surface area contributed by atoms with Crippen LogP contribution >= 0.6 is 0 Å². The zero-order chi connectivity index (χ0) is 25.2. The zero-order valence-electron chi connectivity index (χ0n) is 20.0. The van der Waals surface area contributed by atoms with Crippen LogP contribution in [0.4, 0.5) is 5.69 Å². The fourth-order valence-corrected chi connectivity index (χ4v) is 3.63. The highest BCUT2D eigenvalue weighted by Crippen LogP contribution is 2.37. The Morgan fingerprint density at radius 3 is 2.32 bits per heavy atom. The molecule has 1 atom stereocenters. The monoisotopic (exact) mass is 463 g/mol. The minimum Gasteiger partial charge on any atom is -0.507 e. The molecule has 0 aliphatic rings. The molecule has 178 valence electrons. The zero-order valence-corrected chi connectivity index (χ0v) is 20.0. The molecular weight excluding hydrogens is 434 g/mol. The molecule has 1 amide bonds. The predicted molar refractivity (Wildman–Crippen MR) is 130 cm³/mol. The van der Waals surface area contributed by atoms with Gasteiger partial charge in [0.1, 0.15) is 16.8 Å². The number of nitrogens with one attached hydrogen (secondary N) is 1. The third kappa shape index (κ3) is 4.55. The average Bonchev–Trinajstić information content (AvgIpc) is 3.23. The topological polar surface area (TPSA) is 110 Å². The summed E-state index contributed by atoms with van der Waals surface area (Å²) in [5, 5.41) is 22.9. The summed E-state index contributed by atoms with van der Waals surface area (Å²) >= 11 is 0. The molecule has 1 unspecified atom stereocenters. The summed E-state index contributed by atoms with van der Waals surface area (Å²) in [7, 11) is 3.46. The molecule has 3 aromatic rings. The Labute approximate surface area is 198 Å². The molecule has 0 fully saturated rings. The standard InChI is InChI=1S/C25H29N5O4/c1-8-21(31)26-22-16(4)13-18(23(32)17(22)5)14-25(29(6)7,34-24(33)15(2)3)30-27-19-11-9-10-12-20(19)28-30/h8-13,32H,1-2,14H2,3-7H3,(H,26,31). The minimum absolute atomic E-state index is 0.0171. The smallest absolute Gasteiger partial charge is 0.336 e. The Morgan fingerprint density at radius 2 is 1.82 bits per heavy atom. The second-order valence-electron chi connectivity index (χ2n) is 8.36. The van der Waals surface area contributed by atoms with Gasteiger partial charge < -0.3 is 15.2 Å². The molecule has 0 radical (unpaired) electrons. The largest absolute Gasteiger partial charge is 0.507 e. The van der Waals surface area contributed by atoms with Gasteiger partial charge in [-0.3, -0.25) is 9.69 Å². The first kappa shape index (κ1) is 24.7. The first-order chi connectivity index (χ1) is 16.0. The number of carbonyl (C=O) groups is 2. The molecule has 0 aliphatic heterocycles. The number of benzene rings is 2. The van der Waals surface area contributed by atoms with E-state index >= 15 is 0 Å². The number of carbonyl (C=O) groups excluding carboxylic acids is 2.